The van der Waals surface area contributed by atoms with Crippen molar-refractivity contribution in [2.45, 2.75) is 45.3 Å². The first kappa shape index (κ1) is 14.4. The minimum atomic E-state index is -0.964. The molecule has 0 aliphatic carbocycles. The van der Waals surface area contributed by atoms with Gasteiger partial charge in [-0.25, -0.2) is 9.59 Å². The van der Waals surface area contributed by atoms with Crippen LogP contribution in [0.2, 0.25) is 0 Å². The Morgan fingerprint density at radius 2 is 2.15 bits per heavy atom. The fraction of sp³-hybridized carbons (Fsp3) is 0.571. The summed E-state index contributed by atoms with van der Waals surface area (Å²) in [7, 11) is 0. The lowest BCUT2D eigenvalue weighted by atomic mass is 10.2. The number of hydrogen-bond acceptors (Lipinski definition) is 6. The number of furan rings is 1. The Kier molecular flexibility index (Phi) is 4.01. The lowest BCUT2D eigenvalue weighted by Gasteiger charge is -2.23. The van der Waals surface area contributed by atoms with Crippen molar-refractivity contribution < 1.29 is 23.5 Å². The van der Waals surface area contributed by atoms with Crippen molar-refractivity contribution in [1.29, 1.82) is 0 Å². The number of nitrogens with zero attached hydrogens (tertiary/aromatic N) is 1. The van der Waals surface area contributed by atoms with E-state index < -0.39 is 23.8 Å². The number of carbonyl (C=O) groups is 2. The van der Waals surface area contributed by atoms with Crippen LogP contribution in [0.3, 0.4) is 0 Å². The van der Waals surface area contributed by atoms with Crippen molar-refractivity contribution in [3.05, 3.63) is 18.4 Å². The quantitative estimate of drug-likeness (QED) is 0.613. The van der Waals surface area contributed by atoms with Gasteiger partial charge in [-0.15, -0.1) is 0 Å². The van der Waals surface area contributed by atoms with Gasteiger partial charge in [0.1, 0.15) is 11.6 Å². The standard InChI is InChI=1S/C14H19NO5/c1-14(2,3)20-13(17)19-12(16)10-6-4-8-15(10)11-7-5-9-18-11/h5,7,9-10H,4,6,8H2,1-3H3/t10-/m0/s1. The predicted molar refractivity (Wildman–Crippen MR) is 71.4 cm³/mol. The Labute approximate surface area is 117 Å². The summed E-state index contributed by atoms with van der Waals surface area (Å²) >= 11 is 0. The average Bonchev–Trinajstić information content (AvgIpc) is 2.97. The summed E-state index contributed by atoms with van der Waals surface area (Å²) in [4.78, 5) is 25.4. The second kappa shape index (κ2) is 5.56. The normalized spacial score (nSPS) is 18.9. The fourth-order valence-electron chi connectivity index (χ4n) is 2.13. The van der Waals surface area contributed by atoms with Crippen LogP contribution in [0, 0.1) is 0 Å². The van der Waals surface area contributed by atoms with Gasteiger partial charge in [0, 0.05) is 12.6 Å². The molecule has 1 aliphatic heterocycles. The fourth-order valence-corrected chi connectivity index (χ4v) is 2.13. The second-order valence-corrected chi connectivity index (χ2v) is 5.69. The number of carbonyl (C=O) groups excluding carboxylic acids is 2. The maximum absolute atomic E-state index is 12.0. The Morgan fingerprint density at radius 1 is 1.40 bits per heavy atom. The molecule has 0 bridgehead atoms. The summed E-state index contributed by atoms with van der Waals surface area (Å²) in [5.74, 6) is 0.00166. The highest BCUT2D eigenvalue weighted by Crippen LogP contribution is 2.26. The van der Waals surface area contributed by atoms with Crippen molar-refractivity contribution in [2.75, 3.05) is 11.4 Å². The molecular weight excluding hydrogens is 262 g/mol. The first-order valence-electron chi connectivity index (χ1n) is 6.61. The van der Waals surface area contributed by atoms with Crippen LogP contribution in [0.15, 0.2) is 22.8 Å². The minimum Gasteiger partial charge on any atom is -0.449 e. The van der Waals surface area contributed by atoms with Gasteiger partial charge in [-0.2, -0.15) is 0 Å². The van der Waals surface area contributed by atoms with Crippen LogP contribution in [-0.2, 0) is 14.3 Å². The maximum Gasteiger partial charge on any atom is 0.516 e. The molecule has 0 spiro atoms. The molecule has 1 atom stereocenters. The van der Waals surface area contributed by atoms with Gasteiger partial charge < -0.3 is 18.8 Å². The third kappa shape index (κ3) is 3.53. The van der Waals surface area contributed by atoms with E-state index in [4.69, 9.17) is 13.9 Å². The van der Waals surface area contributed by atoms with Gasteiger partial charge >= 0.3 is 12.1 Å². The van der Waals surface area contributed by atoms with Crippen LogP contribution < -0.4 is 4.90 Å². The molecular formula is C14H19NO5. The molecule has 1 aromatic heterocycles. The number of hydrogen-bond donors (Lipinski definition) is 0. The molecule has 6 heteroatoms. The van der Waals surface area contributed by atoms with E-state index in [1.807, 2.05) is 0 Å². The van der Waals surface area contributed by atoms with E-state index in [9.17, 15) is 9.59 Å². The molecule has 1 fully saturated rings. The van der Waals surface area contributed by atoms with Gasteiger partial charge in [0.25, 0.3) is 0 Å². The van der Waals surface area contributed by atoms with Crippen LogP contribution in [0.5, 0.6) is 0 Å². The smallest absolute Gasteiger partial charge is 0.449 e. The molecule has 20 heavy (non-hydrogen) atoms. The summed E-state index contributed by atoms with van der Waals surface area (Å²) in [6.45, 7) is 5.83. The van der Waals surface area contributed by atoms with Gasteiger partial charge in [-0.1, -0.05) is 0 Å². The van der Waals surface area contributed by atoms with Crippen molar-refractivity contribution in [1.82, 2.24) is 0 Å². The van der Waals surface area contributed by atoms with Gasteiger partial charge in [0.15, 0.2) is 5.88 Å². The maximum atomic E-state index is 12.0. The Balaban J connectivity index is 1.96. The highest BCUT2D eigenvalue weighted by atomic mass is 16.7. The van der Waals surface area contributed by atoms with Gasteiger partial charge in [-0.3, -0.25) is 0 Å². The molecule has 0 radical (unpaired) electrons. The summed E-state index contributed by atoms with van der Waals surface area (Å²) in [6.07, 6.45) is 2.05. The predicted octanol–water partition coefficient (Wildman–Crippen LogP) is 2.73. The van der Waals surface area contributed by atoms with Crippen LogP contribution >= 0.6 is 0 Å². The van der Waals surface area contributed by atoms with E-state index in [0.29, 0.717) is 18.8 Å². The lowest BCUT2D eigenvalue weighted by molar-refractivity contribution is -0.142. The first-order chi connectivity index (χ1) is 9.37. The molecule has 6 nitrogen and oxygen atoms in total. The van der Waals surface area contributed by atoms with E-state index >= 15 is 0 Å². The molecule has 1 aromatic rings. The SMILES string of the molecule is CC(C)(C)OC(=O)OC(=O)[C@@H]1CCCN1c1ccco1. The molecule has 2 rings (SSSR count). The zero-order valence-electron chi connectivity index (χ0n) is 11.9. The van der Waals surface area contributed by atoms with Crippen LogP contribution in [0.1, 0.15) is 33.6 Å². The highest BCUT2D eigenvalue weighted by Gasteiger charge is 2.35. The summed E-state index contributed by atoms with van der Waals surface area (Å²) < 4.78 is 15.0. The van der Waals surface area contributed by atoms with Crippen LogP contribution in [-0.4, -0.2) is 30.3 Å². The van der Waals surface area contributed by atoms with E-state index in [2.05, 4.69) is 0 Å². The van der Waals surface area contributed by atoms with Crippen molar-refractivity contribution >= 4 is 18.0 Å². The number of ether oxygens (including phenoxy) is 2. The Bertz CT molecular complexity index is 474. The van der Waals surface area contributed by atoms with E-state index in [0.717, 1.165) is 6.42 Å². The minimum absolute atomic E-state index is 0.506. The molecule has 1 aliphatic rings. The Hall–Kier alpha value is -1.98. The third-order valence-corrected chi connectivity index (χ3v) is 2.89. The van der Waals surface area contributed by atoms with Gasteiger partial charge in [-0.05, 0) is 39.7 Å². The summed E-state index contributed by atoms with van der Waals surface area (Å²) in [5, 5.41) is 0. The summed E-state index contributed by atoms with van der Waals surface area (Å²) in [5.41, 5.74) is -0.687. The molecule has 0 N–H and O–H groups in total. The largest absolute Gasteiger partial charge is 0.516 e. The van der Waals surface area contributed by atoms with Gasteiger partial charge in [0.05, 0.1) is 6.26 Å². The average molecular weight is 281 g/mol. The second-order valence-electron chi connectivity index (χ2n) is 5.69. The van der Waals surface area contributed by atoms with Gasteiger partial charge in [0.2, 0.25) is 0 Å². The first-order valence-corrected chi connectivity index (χ1v) is 6.61. The van der Waals surface area contributed by atoms with E-state index in [-0.39, 0.29) is 0 Å². The molecule has 0 amide bonds. The number of rotatable bonds is 2. The zero-order chi connectivity index (χ0) is 14.8. The van der Waals surface area contributed by atoms with Crippen LogP contribution in [0.25, 0.3) is 0 Å². The molecule has 1 saturated heterocycles. The molecule has 110 valence electrons. The van der Waals surface area contributed by atoms with E-state index in [1.165, 1.54) is 0 Å². The van der Waals surface area contributed by atoms with Crippen molar-refractivity contribution in [3.63, 3.8) is 0 Å². The Morgan fingerprint density at radius 3 is 2.75 bits per heavy atom. The number of esters is 1. The monoisotopic (exact) mass is 281 g/mol. The highest BCUT2D eigenvalue weighted by molar-refractivity contribution is 5.88. The number of anilines is 1. The topological polar surface area (TPSA) is 69.0 Å². The zero-order valence-corrected chi connectivity index (χ0v) is 11.9. The van der Waals surface area contributed by atoms with E-state index in [1.54, 1.807) is 44.1 Å². The van der Waals surface area contributed by atoms with Crippen molar-refractivity contribution in [2.24, 2.45) is 0 Å². The molecule has 2 heterocycles. The third-order valence-electron chi connectivity index (χ3n) is 2.89. The van der Waals surface area contributed by atoms with Crippen LogP contribution in [0.4, 0.5) is 10.7 Å². The molecule has 0 saturated carbocycles. The van der Waals surface area contributed by atoms with Crippen molar-refractivity contribution in [3.8, 4) is 0 Å². The molecule has 0 unspecified atom stereocenters. The lowest BCUT2D eigenvalue weighted by Crippen LogP contribution is -2.39. The molecule has 0 aromatic carbocycles. The summed E-state index contributed by atoms with van der Waals surface area (Å²) in [6, 6.07) is 3.02.